The van der Waals surface area contributed by atoms with Crippen molar-refractivity contribution in [2.24, 2.45) is 0 Å². The van der Waals surface area contributed by atoms with Gasteiger partial charge in [-0.1, -0.05) is 70.0 Å². The van der Waals surface area contributed by atoms with E-state index in [4.69, 9.17) is 33.2 Å². The van der Waals surface area contributed by atoms with E-state index in [9.17, 15) is 33.6 Å². The van der Waals surface area contributed by atoms with Crippen LogP contribution in [0.15, 0.2) is 176 Å². The zero-order chi connectivity index (χ0) is 65.2. The summed E-state index contributed by atoms with van der Waals surface area (Å²) >= 11 is 0. The average molecular weight is 1210 g/mol. The van der Waals surface area contributed by atoms with Crippen LogP contribution in [0.3, 0.4) is 0 Å². The highest BCUT2D eigenvalue weighted by atomic mass is 16.6. The normalized spacial score (nSPS) is 12.0. The van der Waals surface area contributed by atoms with Crippen molar-refractivity contribution in [1.29, 1.82) is 0 Å². The minimum atomic E-state index is -0.605. The summed E-state index contributed by atoms with van der Waals surface area (Å²) in [5.41, 5.74) is 19.6. The highest BCUT2D eigenvalue weighted by Gasteiger charge is 2.30. The van der Waals surface area contributed by atoms with Crippen molar-refractivity contribution in [3.8, 4) is 79.7 Å². The smallest absolute Gasteiger partial charge is 0.338 e. The van der Waals surface area contributed by atoms with E-state index < -0.39 is 29.8 Å². The first-order valence-corrected chi connectivity index (χ1v) is 29.2. The van der Waals surface area contributed by atoms with Gasteiger partial charge >= 0.3 is 41.8 Å². The van der Waals surface area contributed by atoms with Gasteiger partial charge in [0.05, 0.1) is 0 Å². The quantitative estimate of drug-likeness (QED) is 0.0293. The molecule has 0 unspecified atom stereocenters. The second-order valence-corrected chi connectivity index (χ2v) is 22.7. The molecular formula is C76H70O14. The van der Waals surface area contributed by atoms with E-state index in [1.165, 1.54) is 86.7 Å². The number of aryl methyl sites for hydroxylation is 8. The molecule has 14 heteroatoms. The standard InChI is InChI=1S/C28H26O4.C24H22O6.C24H22O4/c1-17(2)27(29)31-12-6-5-7-19-13-20-8-10-22-15-24(32-28(30)18(3)4)16-23-11-9-21(14-19)25(20)26(22)23;1-14(2)22(25)28-19-9-7-17(8-10-19)18-11-20(29-23(26)15(3)4)13-21(12-18)30-24(27)16(5)6;1-13(2)23(25)27-19-9-15-5-7-17-11-20(28-24(26)14(3)4)12-18-8-6-16(10-19)21(15)22(17)18/h13-16H,1,3,6,8-12H2,2,4H3;7-13H,1,3,5H2,2,4,6H3;9-12H,1,3,5-8H2,2,4H3. The summed E-state index contributed by atoms with van der Waals surface area (Å²) in [7, 11) is 0. The van der Waals surface area contributed by atoms with E-state index in [0.29, 0.717) is 62.8 Å². The zero-order valence-electron chi connectivity index (χ0n) is 51.9. The summed E-state index contributed by atoms with van der Waals surface area (Å²) in [5.74, 6) is 5.54. The third-order valence-corrected chi connectivity index (χ3v) is 14.7. The third kappa shape index (κ3) is 16.1. The van der Waals surface area contributed by atoms with E-state index in [2.05, 4.69) is 70.0 Å². The van der Waals surface area contributed by atoms with Crippen LogP contribution in [-0.2, 0) is 89.7 Å². The molecule has 6 aromatic carbocycles. The average Bonchev–Trinajstić information content (AvgIpc) is 0.760. The van der Waals surface area contributed by atoms with Crippen LogP contribution >= 0.6 is 0 Å². The summed E-state index contributed by atoms with van der Waals surface area (Å²) < 4.78 is 37.3. The van der Waals surface area contributed by atoms with Gasteiger partial charge in [0.2, 0.25) is 0 Å². The van der Waals surface area contributed by atoms with Crippen molar-refractivity contribution in [3.63, 3.8) is 0 Å². The van der Waals surface area contributed by atoms with Crippen molar-refractivity contribution in [1.82, 2.24) is 0 Å². The van der Waals surface area contributed by atoms with E-state index >= 15 is 0 Å². The van der Waals surface area contributed by atoms with E-state index in [1.807, 2.05) is 36.4 Å². The highest BCUT2D eigenvalue weighted by Crippen LogP contribution is 2.47. The second-order valence-electron chi connectivity index (χ2n) is 22.7. The maximum atomic E-state index is 12.0. The Balaban J connectivity index is 0.000000175. The molecule has 0 N–H and O–H groups in total. The Morgan fingerprint density at radius 2 is 0.578 bits per heavy atom. The Morgan fingerprint density at radius 3 is 0.856 bits per heavy atom. The maximum absolute atomic E-state index is 12.0. The first-order valence-electron chi connectivity index (χ1n) is 29.2. The minimum Gasteiger partial charge on any atom is -0.461 e. The van der Waals surface area contributed by atoms with Gasteiger partial charge in [0.15, 0.2) is 0 Å². The lowest BCUT2D eigenvalue weighted by molar-refractivity contribution is -0.139. The van der Waals surface area contributed by atoms with Gasteiger partial charge in [-0.3, -0.25) is 0 Å². The van der Waals surface area contributed by atoms with Crippen molar-refractivity contribution in [3.05, 3.63) is 226 Å². The van der Waals surface area contributed by atoms with Gasteiger partial charge in [-0.15, -0.1) is 0 Å². The van der Waals surface area contributed by atoms with Gasteiger partial charge in [0.25, 0.3) is 0 Å². The number of rotatable bonds is 16. The number of carbonyl (C=O) groups excluding carboxylic acids is 7. The maximum Gasteiger partial charge on any atom is 0.338 e. The topological polar surface area (TPSA) is 184 Å². The highest BCUT2D eigenvalue weighted by molar-refractivity contribution is 5.93. The van der Waals surface area contributed by atoms with Gasteiger partial charge in [0, 0.05) is 57.1 Å². The Hall–Kier alpha value is -10.7. The molecule has 0 radical (unpaired) electrons. The number of benzene rings is 6. The number of ether oxygens (including phenoxy) is 7. The summed E-state index contributed by atoms with van der Waals surface area (Å²) in [4.78, 5) is 82.6. The summed E-state index contributed by atoms with van der Waals surface area (Å²) in [5, 5.41) is 0. The zero-order valence-corrected chi connectivity index (χ0v) is 51.9. The van der Waals surface area contributed by atoms with Gasteiger partial charge in [-0.05, 0) is 251 Å². The molecule has 0 heterocycles. The molecule has 14 nitrogen and oxygen atoms in total. The molecule has 6 aromatic rings. The molecule has 90 heavy (non-hydrogen) atoms. The van der Waals surface area contributed by atoms with Gasteiger partial charge < -0.3 is 33.2 Å². The predicted octanol–water partition coefficient (Wildman–Crippen LogP) is 14.2. The largest absolute Gasteiger partial charge is 0.461 e. The van der Waals surface area contributed by atoms with Gasteiger partial charge in [-0.25, -0.2) is 33.6 Å². The lowest BCUT2D eigenvalue weighted by Crippen LogP contribution is -2.16. The molecule has 0 fully saturated rings. The molecule has 0 amide bonds. The van der Waals surface area contributed by atoms with Crippen LogP contribution in [0, 0.1) is 11.8 Å². The second kappa shape index (κ2) is 28.5. The number of esters is 7. The Morgan fingerprint density at radius 1 is 0.322 bits per heavy atom. The Bertz CT molecular complexity index is 3940. The van der Waals surface area contributed by atoms with Crippen LogP contribution in [-0.4, -0.2) is 48.4 Å². The van der Waals surface area contributed by atoms with E-state index in [0.717, 1.165) is 56.9 Å². The van der Waals surface area contributed by atoms with E-state index in [1.54, 1.807) is 71.0 Å². The fraction of sp³-hybridized carbons (Fsp3) is 0.224. The molecule has 0 atom stereocenters. The number of hydrogen-bond donors (Lipinski definition) is 0. The van der Waals surface area contributed by atoms with Crippen LogP contribution in [0.4, 0.5) is 0 Å². The molecule has 0 bridgehead atoms. The molecule has 10 rings (SSSR count). The van der Waals surface area contributed by atoms with Crippen molar-refractivity contribution in [2.75, 3.05) is 6.61 Å². The summed E-state index contributed by atoms with van der Waals surface area (Å²) in [6.45, 7) is 36.6. The molecular weight excluding hydrogens is 1140 g/mol. The summed E-state index contributed by atoms with van der Waals surface area (Å²) in [6.07, 6.45) is 7.56. The van der Waals surface area contributed by atoms with Crippen molar-refractivity contribution >= 4 is 41.8 Å². The van der Waals surface area contributed by atoms with E-state index in [-0.39, 0.29) is 46.8 Å². The Labute approximate surface area is 524 Å². The van der Waals surface area contributed by atoms with Crippen LogP contribution < -0.4 is 28.4 Å². The fourth-order valence-corrected chi connectivity index (χ4v) is 10.4. The SMILES string of the molecule is C=C(C)C(=O)OCCC#Cc1cc2c3c(c1)CCc1cc(OC(=O)C(=C)C)cc(c1-3)CC2.C=C(C)C(=O)Oc1cc2c3c(c1)CCc1cc(OC(=O)C(=C)C)cc(c1-3)CC2.C=C(C)C(=O)Oc1ccc(-c2cc(OC(=O)C(=C)C)cc(OC(=O)C(=C)C)c2)cc1. The minimum absolute atomic E-state index is 0.183. The third-order valence-electron chi connectivity index (χ3n) is 14.7. The number of hydrogen-bond acceptors (Lipinski definition) is 14. The molecule has 0 spiro atoms. The molecule has 458 valence electrons. The monoisotopic (exact) mass is 1210 g/mol. The van der Waals surface area contributed by atoms with Crippen LogP contribution in [0.2, 0.25) is 0 Å². The summed E-state index contributed by atoms with van der Waals surface area (Å²) in [6, 6.07) is 27.5. The van der Waals surface area contributed by atoms with Gasteiger partial charge in [0.1, 0.15) is 41.1 Å². The van der Waals surface area contributed by atoms with Crippen molar-refractivity contribution in [2.45, 2.75) is 106 Å². The molecule has 0 aliphatic heterocycles. The number of carbonyl (C=O) groups is 7. The predicted molar refractivity (Wildman–Crippen MR) is 345 cm³/mol. The lowest BCUT2D eigenvalue weighted by atomic mass is 9.75. The van der Waals surface area contributed by atoms with Crippen LogP contribution in [0.25, 0.3) is 33.4 Å². The first kappa shape index (κ1) is 65.3. The van der Waals surface area contributed by atoms with Gasteiger partial charge in [-0.2, -0.15) is 0 Å². The van der Waals surface area contributed by atoms with Crippen LogP contribution in [0.1, 0.15) is 105 Å². The molecule has 0 aromatic heterocycles. The van der Waals surface area contributed by atoms with Crippen LogP contribution in [0.5, 0.6) is 34.5 Å². The Kier molecular flexibility index (Phi) is 20.7. The molecule has 4 aliphatic rings. The first-order chi connectivity index (χ1) is 42.7. The molecule has 0 saturated heterocycles. The molecule has 0 saturated carbocycles. The fourth-order valence-electron chi connectivity index (χ4n) is 10.4. The molecule has 4 aliphatic carbocycles. The lowest BCUT2D eigenvalue weighted by Gasteiger charge is -2.30. The van der Waals surface area contributed by atoms with Crippen molar-refractivity contribution < 1.29 is 66.7 Å².